The van der Waals surface area contributed by atoms with Crippen molar-refractivity contribution in [3.8, 4) is 5.75 Å². The van der Waals surface area contributed by atoms with Gasteiger partial charge in [0.05, 0.1) is 17.7 Å². The number of sulfonamides is 1. The van der Waals surface area contributed by atoms with Crippen LogP contribution in [0.5, 0.6) is 5.75 Å². The first-order valence-electron chi connectivity index (χ1n) is 12.6. The number of halogens is 1. The predicted molar refractivity (Wildman–Crippen MR) is 153 cm³/mol. The molecule has 1 atom stereocenters. The number of nitrogens with one attached hydrogen (secondary N) is 1. The molecule has 0 aliphatic carbocycles. The molecule has 0 unspecified atom stereocenters. The second-order valence-electron chi connectivity index (χ2n) is 9.08. The van der Waals surface area contributed by atoms with Gasteiger partial charge in [-0.25, -0.2) is 8.42 Å². The normalized spacial score (nSPS) is 11.9. The molecule has 3 rings (SSSR count). The third kappa shape index (κ3) is 7.30. The second kappa shape index (κ2) is 13.5. The number of methoxy groups -OCH3 is 1. The van der Waals surface area contributed by atoms with E-state index in [0.29, 0.717) is 22.9 Å². The summed E-state index contributed by atoms with van der Waals surface area (Å²) in [5, 5.41) is 3.25. The lowest BCUT2D eigenvalue weighted by atomic mass is 10.1. The van der Waals surface area contributed by atoms with Crippen molar-refractivity contribution in [1.82, 2.24) is 10.2 Å². The van der Waals surface area contributed by atoms with Gasteiger partial charge < -0.3 is 15.0 Å². The van der Waals surface area contributed by atoms with Crippen LogP contribution in [0.3, 0.4) is 0 Å². The molecule has 2 amide bonds. The Kier molecular flexibility index (Phi) is 10.4. The topological polar surface area (TPSA) is 96.0 Å². The van der Waals surface area contributed by atoms with Crippen LogP contribution in [0, 0.1) is 6.92 Å². The van der Waals surface area contributed by atoms with E-state index in [1.54, 1.807) is 67.6 Å². The Hall–Kier alpha value is -3.56. The zero-order chi connectivity index (χ0) is 28.6. The van der Waals surface area contributed by atoms with Crippen molar-refractivity contribution < 1.29 is 22.7 Å². The minimum absolute atomic E-state index is 0.0173. The number of carbonyl (C=O) groups excluding carboxylic acids is 2. The van der Waals surface area contributed by atoms with Crippen molar-refractivity contribution in [2.24, 2.45) is 0 Å². The Balaban J connectivity index is 2.09. The van der Waals surface area contributed by atoms with Gasteiger partial charge in [0.25, 0.3) is 10.0 Å². The van der Waals surface area contributed by atoms with Gasteiger partial charge >= 0.3 is 0 Å². The van der Waals surface area contributed by atoms with Crippen molar-refractivity contribution in [2.45, 2.75) is 44.7 Å². The summed E-state index contributed by atoms with van der Waals surface area (Å²) in [6.45, 7) is 5.27. The number of ether oxygens (including phenoxy) is 1. The average molecular weight is 572 g/mol. The lowest BCUT2D eigenvalue weighted by Crippen LogP contribution is -2.51. The summed E-state index contributed by atoms with van der Waals surface area (Å²) >= 11 is 6.39. The Morgan fingerprint density at radius 2 is 1.69 bits per heavy atom. The number of benzene rings is 3. The highest BCUT2D eigenvalue weighted by atomic mass is 35.5. The standard InChI is InChI=1S/C29H34ClN3O5S/c1-5-17-31-29(35)22(3)32(19-23-11-9-10-14-25(23)30)28(34)20-33(26-18-21(2)15-16-27(26)38-4)39(36,37)24-12-7-6-8-13-24/h6-16,18,22H,5,17,19-20H2,1-4H3,(H,31,35)/t22-/m0/s1. The summed E-state index contributed by atoms with van der Waals surface area (Å²) in [6, 6.07) is 19.1. The predicted octanol–water partition coefficient (Wildman–Crippen LogP) is 4.80. The summed E-state index contributed by atoms with van der Waals surface area (Å²) in [5.74, 6) is -0.626. The number of rotatable bonds is 12. The molecule has 0 spiro atoms. The van der Waals surface area contributed by atoms with E-state index < -0.39 is 28.5 Å². The zero-order valence-electron chi connectivity index (χ0n) is 22.6. The van der Waals surface area contributed by atoms with E-state index in [4.69, 9.17) is 16.3 Å². The van der Waals surface area contributed by atoms with Crippen LogP contribution in [0.25, 0.3) is 0 Å². The molecule has 39 heavy (non-hydrogen) atoms. The molecule has 0 radical (unpaired) electrons. The largest absolute Gasteiger partial charge is 0.495 e. The Bertz CT molecular complexity index is 1400. The van der Waals surface area contributed by atoms with Gasteiger partial charge in [-0.1, -0.05) is 61.0 Å². The molecule has 1 N–H and O–H groups in total. The number of hydrogen-bond acceptors (Lipinski definition) is 5. The van der Waals surface area contributed by atoms with Gasteiger partial charge in [0, 0.05) is 18.1 Å². The van der Waals surface area contributed by atoms with Gasteiger partial charge in [0.2, 0.25) is 11.8 Å². The molecule has 0 fully saturated rings. The van der Waals surface area contributed by atoms with Gasteiger partial charge in [-0.05, 0) is 61.7 Å². The van der Waals surface area contributed by atoms with Gasteiger partial charge in [0.1, 0.15) is 18.3 Å². The van der Waals surface area contributed by atoms with Crippen LogP contribution in [0.4, 0.5) is 5.69 Å². The third-order valence-corrected chi connectivity index (χ3v) is 8.37. The molecular weight excluding hydrogens is 538 g/mol. The molecule has 0 saturated carbocycles. The smallest absolute Gasteiger partial charge is 0.264 e. The van der Waals surface area contributed by atoms with E-state index in [1.165, 1.54) is 24.1 Å². The quantitative estimate of drug-likeness (QED) is 0.337. The van der Waals surface area contributed by atoms with Gasteiger partial charge in [-0.2, -0.15) is 0 Å². The number of nitrogens with zero attached hydrogens (tertiary/aromatic N) is 2. The van der Waals surface area contributed by atoms with Crippen LogP contribution in [0.2, 0.25) is 5.02 Å². The third-order valence-electron chi connectivity index (χ3n) is 6.23. The number of amides is 2. The minimum atomic E-state index is -4.19. The fourth-order valence-electron chi connectivity index (χ4n) is 4.02. The van der Waals surface area contributed by atoms with Gasteiger partial charge in [-0.15, -0.1) is 0 Å². The monoisotopic (exact) mass is 571 g/mol. The van der Waals surface area contributed by atoms with Crippen molar-refractivity contribution in [3.63, 3.8) is 0 Å². The van der Waals surface area contributed by atoms with E-state index in [9.17, 15) is 18.0 Å². The van der Waals surface area contributed by atoms with Crippen LogP contribution >= 0.6 is 11.6 Å². The van der Waals surface area contributed by atoms with E-state index >= 15 is 0 Å². The fourth-order valence-corrected chi connectivity index (χ4v) is 5.65. The maximum absolute atomic E-state index is 14.0. The molecule has 0 bridgehead atoms. The number of aryl methyl sites for hydroxylation is 1. The first kappa shape index (κ1) is 30.0. The Labute approximate surface area is 235 Å². The van der Waals surface area contributed by atoms with Crippen molar-refractivity contribution in [1.29, 1.82) is 0 Å². The first-order chi connectivity index (χ1) is 18.6. The number of carbonyl (C=O) groups is 2. The maximum Gasteiger partial charge on any atom is 0.264 e. The first-order valence-corrected chi connectivity index (χ1v) is 14.4. The van der Waals surface area contributed by atoms with Crippen LogP contribution in [-0.4, -0.2) is 51.4 Å². The lowest BCUT2D eigenvalue weighted by Gasteiger charge is -2.32. The summed E-state index contributed by atoms with van der Waals surface area (Å²) in [6.07, 6.45) is 0.729. The highest BCUT2D eigenvalue weighted by Crippen LogP contribution is 2.33. The molecule has 208 valence electrons. The zero-order valence-corrected chi connectivity index (χ0v) is 24.1. The van der Waals surface area contributed by atoms with E-state index in [2.05, 4.69) is 5.32 Å². The lowest BCUT2D eigenvalue weighted by molar-refractivity contribution is -0.139. The van der Waals surface area contributed by atoms with Crippen molar-refractivity contribution >= 4 is 39.1 Å². The molecule has 0 saturated heterocycles. The summed E-state index contributed by atoms with van der Waals surface area (Å²) in [7, 11) is -2.76. The average Bonchev–Trinajstić information content (AvgIpc) is 2.94. The molecule has 8 nitrogen and oxygen atoms in total. The molecule has 0 aromatic heterocycles. The molecule has 0 heterocycles. The SMILES string of the molecule is CCCNC(=O)[C@H](C)N(Cc1ccccc1Cl)C(=O)CN(c1cc(C)ccc1OC)S(=O)(=O)c1ccccc1. The molecule has 0 aliphatic rings. The van der Waals surface area contributed by atoms with E-state index in [1.807, 2.05) is 13.8 Å². The summed E-state index contributed by atoms with van der Waals surface area (Å²) in [5.41, 5.74) is 1.63. The van der Waals surface area contributed by atoms with E-state index in [-0.39, 0.29) is 23.0 Å². The highest BCUT2D eigenvalue weighted by molar-refractivity contribution is 7.92. The summed E-state index contributed by atoms with van der Waals surface area (Å²) < 4.78 is 34.4. The van der Waals surface area contributed by atoms with Crippen LogP contribution < -0.4 is 14.4 Å². The molecule has 10 heteroatoms. The van der Waals surface area contributed by atoms with Crippen molar-refractivity contribution in [3.05, 3.63) is 88.9 Å². The van der Waals surface area contributed by atoms with Crippen LogP contribution in [-0.2, 0) is 26.2 Å². The molecule has 0 aliphatic heterocycles. The Morgan fingerprint density at radius 3 is 2.33 bits per heavy atom. The van der Waals surface area contributed by atoms with Gasteiger partial charge in [0.15, 0.2) is 0 Å². The second-order valence-corrected chi connectivity index (χ2v) is 11.3. The van der Waals surface area contributed by atoms with E-state index in [0.717, 1.165) is 16.3 Å². The highest BCUT2D eigenvalue weighted by Gasteiger charge is 2.34. The summed E-state index contributed by atoms with van der Waals surface area (Å²) in [4.78, 5) is 28.3. The van der Waals surface area contributed by atoms with Crippen molar-refractivity contribution in [2.75, 3.05) is 24.5 Å². The number of anilines is 1. The fraction of sp³-hybridized carbons (Fsp3) is 0.310. The number of hydrogen-bond donors (Lipinski definition) is 1. The van der Waals surface area contributed by atoms with Crippen LogP contribution in [0.1, 0.15) is 31.4 Å². The minimum Gasteiger partial charge on any atom is -0.495 e. The Morgan fingerprint density at radius 1 is 1.03 bits per heavy atom. The van der Waals surface area contributed by atoms with Crippen LogP contribution in [0.15, 0.2) is 77.7 Å². The van der Waals surface area contributed by atoms with Gasteiger partial charge in [-0.3, -0.25) is 13.9 Å². The molecule has 3 aromatic rings. The molecular formula is C29H34ClN3O5S. The molecule has 3 aromatic carbocycles. The maximum atomic E-state index is 14.0.